The smallest absolute Gasteiger partial charge is 0.115 e. The first-order valence-electron chi connectivity index (χ1n) is 7.24. The van der Waals surface area contributed by atoms with Gasteiger partial charge in [-0.2, -0.15) is 0 Å². The maximum absolute atomic E-state index is 6.00. The molecular weight excluding hydrogens is 304 g/mol. The van der Waals surface area contributed by atoms with E-state index in [1.54, 1.807) is 7.11 Å². The largest absolute Gasteiger partial charge is 0.383 e. The summed E-state index contributed by atoms with van der Waals surface area (Å²) < 4.78 is 5.14. The maximum atomic E-state index is 6.00. The molecule has 3 nitrogen and oxygen atoms in total. The molecule has 21 heavy (non-hydrogen) atoms. The highest BCUT2D eigenvalue weighted by Crippen LogP contribution is 2.33. The molecule has 1 atom stereocenters. The second-order valence-corrected chi connectivity index (χ2v) is 6.76. The van der Waals surface area contributed by atoms with Crippen molar-refractivity contribution in [3.05, 3.63) is 50.4 Å². The van der Waals surface area contributed by atoms with E-state index in [0.717, 1.165) is 23.0 Å². The number of nitrogens with zero attached hydrogens (tertiary/aromatic N) is 1. The van der Waals surface area contributed by atoms with E-state index in [0.29, 0.717) is 6.61 Å². The molecule has 0 radical (unpaired) electrons. The van der Waals surface area contributed by atoms with Gasteiger partial charge in [-0.1, -0.05) is 23.7 Å². The van der Waals surface area contributed by atoms with E-state index in [2.05, 4.69) is 17.4 Å². The Morgan fingerprint density at radius 2 is 2.14 bits per heavy atom. The quantitative estimate of drug-likeness (QED) is 0.825. The SMILES string of the molecule is COCCNC(c1ccc(Cl)cc1)c1nc2c(s1)CCC2. The summed E-state index contributed by atoms with van der Waals surface area (Å²) in [7, 11) is 1.72. The molecule has 1 aromatic carbocycles. The summed E-state index contributed by atoms with van der Waals surface area (Å²) in [6.07, 6.45) is 3.55. The third-order valence-corrected chi connectivity index (χ3v) is 5.19. The minimum atomic E-state index is 0.119. The molecule has 0 saturated carbocycles. The van der Waals surface area contributed by atoms with Gasteiger partial charge in [-0.3, -0.25) is 0 Å². The van der Waals surface area contributed by atoms with Gasteiger partial charge in [0.25, 0.3) is 0 Å². The van der Waals surface area contributed by atoms with Crippen LogP contribution in [0.15, 0.2) is 24.3 Å². The predicted octanol–water partition coefficient (Wildman–Crippen LogP) is 3.61. The molecule has 0 fully saturated rings. The number of benzene rings is 1. The van der Waals surface area contributed by atoms with Gasteiger partial charge in [0.2, 0.25) is 0 Å². The Labute approximate surface area is 134 Å². The standard InChI is InChI=1S/C16H19ClN2OS/c1-20-10-9-18-15(11-5-7-12(17)8-6-11)16-19-13-3-2-4-14(13)21-16/h5-8,15,18H,2-4,9-10H2,1H3. The zero-order chi connectivity index (χ0) is 14.7. The Bertz CT molecular complexity index is 575. The second kappa shape index (κ2) is 6.88. The van der Waals surface area contributed by atoms with Gasteiger partial charge in [0.1, 0.15) is 5.01 Å². The first-order valence-corrected chi connectivity index (χ1v) is 8.43. The van der Waals surface area contributed by atoms with Crippen LogP contribution in [-0.2, 0) is 17.6 Å². The van der Waals surface area contributed by atoms with Crippen LogP contribution < -0.4 is 5.32 Å². The fourth-order valence-corrected chi connectivity index (χ4v) is 4.03. The fourth-order valence-electron chi connectivity index (χ4n) is 2.64. The van der Waals surface area contributed by atoms with Crippen LogP contribution in [0.25, 0.3) is 0 Å². The molecule has 0 aliphatic heterocycles. The highest BCUT2D eigenvalue weighted by Gasteiger charge is 2.22. The first-order chi connectivity index (χ1) is 10.3. The van der Waals surface area contributed by atoms with Gasteiger partial charge in [0.15, 0.2) is 0 Å². The lowest BCUT2D eigenvalue weighted by Gasteiger charge is -2.17. The molecule has 1 heterocycles. The average molecular weight is 323 g/mol. The fraction of sp³-hybridized carbons (Fsp3) is 0.438. The zero-order valence-corrected chi connectivity index (χ0v) is 13.6. The average Bonchev–Trinajstić information content (AvgIpc) is 3.06. The summed E-state index contributed by atoms with van der Waals surface area (Å²) in [6, 6.07) is 8.12. The number of hydrogen-bond donors (Lipinski definition) is 1. The number of aromatic nitrogens is 1. The van der Waals surface area contributed by atoms with Gasteiger partial charge >= 0.3 is 0 Å². The third-order valence-electron chi connectivity index (χ3n) is 3.72. The summed E-state index contributed by atoms with van der Waals surface area (Å²) in [5.41, 5.74) is 2.49. The van der Waals surface area contributed by atoms with Crippen LogP contribution >= 0.6 is 22.9 Å². The van der Waals surface area contributed by atoms with Gasteiger partial charge in [0.05, 0.1) is 18.3 Å². The van der Waals surface area contributed by atoms with Crippen molar-refractivity contribution in [3.8, 4) is 0 Å². The number of nitrogens with one attached hydrogen (secondary N) is 1. The molecule has 1 aliphatic carbocycles. The molecule has 0 spiro atoms. The summed E-state index contributed by atoms with van der Waals surface area (Å²) in [5, 5.41) is 5.45. The van der Waals surface area contributed by atoms with Crippen molar-refractivity contribution in [2.24, 2.45) is 0 Å². The number of rotatable bonds is 6. The normalized spacial score (nSPS) is 15.1. The number of methoxy groups -OCH3 is 1. The van der Waals surface area contributed by atoms with E-state index in [1.807, 2.05) is 23.5 Å². The number of halogens is 1. The Kier molecular flexibility index (Phi) is 4.91. The van der Waals surface area contributed by atoms with Crippen molar-refractivity contribution in [1.29, 1.82) is 0 Å². The predicted molar refractivity (Wildman–Crippen MR) is 87.3 cm³/mol. The van der Waals surface area contributed by atoms with E-state index >= 15 is 0 Å². The maximum Gasteiger partial charge on any atom is 0.115 e. The Morgan fingerprint density at radius 3 is 2.86 bits per heavy atom. The van der Waals surface area contributed by atoms with Crippen LogP contribution in [0.2, 0.25) is 5.02 Å². The van der Waals surface area contributed by atoms with Gasteiger partial charge < -0.3 is 10.1 Å². The lowest BCUT2D eigenvalue weighted by molar-refractivity contribution is 0.197. The Balaban J connectivity index is 1.85. The molecule has 2 aromatic rings. The van der Waals surface area contributed by atoms with Gasteiger partial charge in [-0.15, -0.1) is 11.3 Å². The first kappa shape index (κ1) is 15.0. The summed E-state index contributed by atoms with van der Waals surface area (Å²) >= 11 is 7.84. The minimum absolute atomic E-state index is 0.119. The zero-order valence-electron chi connectivity index (χ0n) is 12.1. The number of aryl methyl sites for hydroxylation is 2. The van der Waals surface area contributed by atoms with Crippen LogP contribution in [0.5, 0.6) is 0 Å². The Morgan fingerprint density at radius 1 is 1.33 bits per heavy atom. The second-order valence-electron chi connectivity index (χ2n) is 5.21. The third kappa shape index (κ3) is 3.46. The monoisotopic (exact) mass is 322 g/mol. The molecule has 112 valence electrons. The van der Waals surface area contributed by atoms with Gasteiger partial charge in [-0.25, -0.2) is 4.98 Å². The molecular formula is C16H19ClN2OS. The van der Waals surface area contributed by atoms with Crippen molar-refractivity contribution < 1.29 is 4.74 Å². The van der Waals surface area contributed by atoms with Crippen molar-refractivity contribution in [1.82, 2.24) is 10.3 Å². The number of thiazole rings is 1. The molecule has 1 N–H and O–H groups in total. The van der Waals surface area contributed by atoms with Crippen LogP contribution in [0.3, 0.4) is 0 Å². The molecule has 1 unspecified atom stereocenters. The number of hydrogen-bond acceptors (Lipinski definition) is 4. The number of fused-ring (bicyclic) bond motifs is 1. The number of ether oxygens (including phenoxy) is 1. The molecule has 0 bridgehead atoms. The van der Waals surface area contributed by atoms with Gasteiger partial charge in [-0.05, 0) is 37.0 Å². The van der Waals surface area contributed by atoms with E-state index in [-0.39, 0.29) is 6.04 Å². The van der Waals surface area contributed by atoms with Gasteiger partial charge in [0, 0.05) is 23.6 Å². The molecule has 3 rings (SSSR count). The van der Waals surface area contributed by atoms with Crippen molar-refractivity contribution in [3.63, 3.8) is 0 Å². The van der Waals surface area contributed by atoms with Crippen LogP contribution in [0.1, 0.15) is 33.6 Å². The molecule has 1 aromatic heterocycles. The van der Waals surface area contributed by atoms with Crippen LogP contribution in [0.4, 0.5) is 0 Å². The molecule has 1 aliphatic rings. The van der Waals surface area contributed by atoms with E-state index < -0.39 is 0 Å². The van der Waals surface area contributed by atoms with Crippen molar-refractivity contribution in [2.45, 2.75) is 25.3 Å². The lowest BCUT2D eigenvalue weighted by Crippen LogP contribution is -2.26. The van der Waals surface area contributed by atoms with E-state index in [4.69, 9.17) is 21.3 Å². The summed E-state index contributed by atoms with van der Waals surface area (Å²) in [4.78, 5) is 6.31. The van der Waals surface area contributed by atoms with Crippen LogP contribution in [0, 0.1) is 0 Å². The highest BCUT2D eigenvalue weighted by atomic mass is 35.5. The molecule has 0 saturated heterocycles. The highest BCUT2D eigenvalue weighted by molar-refractivity contribution is 7.11. The topological polar surface area (TPSA) is 34.1 Å². The van der Waals surface area contributed by atoms with E-state index in [9.17, 15) is 0 Å². The minimum Gasteiger partial charge on any atom is -0.383 e. The van der Waals surface area contributed by atoms with Crippen molar-refractivity contribution in [2.75, 3.05) is 20.3 Å². The van der Waals surface area contributed by atoms with Crippen LogP contribution in [-0.4, -0.2) is 25.2 Å². The Hall–Kier alpha value is -0.940. The molecule has 0 amide bonds. The summed E-state index contributed by atoms with van der Waals surface area (Å²) in [6.45, 7) is 1.49. The lowest BCUT2D eigenvalue weighted by atomic mass is 10.1. The summed E-state index contributed by atoms with van der Waals surface area (Å²) in [5.74, 6) is 0. The molecule has 5 heteroatoms. The van der Waals surface area contributed by atoms with E-state index in [1.165, 1.54) is 29.0 Å². The van der Waals surface area contributed by atoms with Crippen molar-refractivity contribution >= 4 is 22.9 Å².